The molecule has 4 aromatic carbocycles. The van der Waals surface area contributed by atoms with E-state index in [0.717, 1.165) is 145 Å². The number of halogens is 5. The maximum absolute atomic E-state index is 13.3. The molecule has 10 heterocycles. The first-order valence-electron chi connectivity index (χ1n) is 35.4. The summed E-state index contributed by atoms with van der Waals surface area (Å²) in [5, 5.41) is 4.97. The largest absolute Gasteiger partial charge is 0.496 e. The number of nitrogens with two attached hydrogens (primary N) is 1. The van der Waals surface area contributed by atoms with Crippen LogP contribution in [0.2, 0.25) is 10.0 Å². The molecule has 13 aromatic rings. The maximum atomic E-state index is 13.3. The van der Waals surface area contributed by atoms with E-state index in [4.69, 9.17) is 62.2 Å². The lowest BCUT2D eigenvalue weighted by molar-refractivity contribution is -0.167. The van der Waals surface area contributed by atoms with E-state index in [1.807, 2.05) is 230 Å². The van der Waals surface area contributed by atoms with E-state index < -0.39 is 35.3 Å². The molecule has 0 unspecified atom stereocenters. The van der Waals surface area contributed by atoms with E-state index in [1.54, 1.807) is 50.7 Å². The molecule has 3 N–H and O–H groups in total. The molecule has 0 bridgehead atoms. The van der Waals surface area contributed by atoms with Gasteiger partial charge in [0.2, 0.25) is 0 Å². The molecule has 578 valence electrons. The van der Waals surface area contributed by atoms with Gasteiger partial charge in [0.1, 0.15) is 44.8 Å². The lowest BCUT2D eigenvalue weighted by Gasteiger charge is -2.32. The Hall–Kier alpha value is -7.87. The Labute approximate surface area is 684 Å². The minimum Gasteiger partial charge on any atom is -0.464 e. The summed E-state index contributed by atoms with van der Waals surface area (Å²) in [5.41, 5.74) is 20.2. The quantitative estimate of drug-likeness (QED) is 0.0803. The number of fused-ring (bicyclic) bond motifs is 5. The van der Waals surface area contributed by atoms with Gasteiger partial charge in [-0.05, 0) is 248 Å². The summed E-state index contributed by atoms with van der Waals surface area (Å²) >= 11 is 25.6. The van der Waals surface area contributed by atoms with Gasteiger partial charge in [-0.2, -0.15) is 0 Å². The predicted octanol–water partition coefficient (Wildman–Crippen LogP) is 19.8. The Morgan fingerprint density at radius 3 is 1.41 bits per heavy atom. The molecule has 14 rings (SSSR count). The summed E-state index contributed by atoms with van der Waals surface area (Å²) in [6, 6.07) is 27.0. The van der Waals surface area contributed by atoms with Gasteiger partial charge in [0, 0.05) is 105 Å². The number of carbonyl (C=O) groups is 2. The number of carbonyl (C=O) groups excluding carboxylic acids is 2. The van der Waals surface area contributed by atoms with Gasteiger partial charge in [0.05, 0.1) is 61.7 Å². The molecule has 22 nitrogen and oxygen atoms in total. The van der Waals surface area contributed by atoms with Gasteiger partial charge in [-0.3, -0.25) is 0 Å². The van der Waals surface area contributed by atoms with Crippen molar-refractivity contribution in [1.82, 2.24) is 58.6 Å². The molecule has 9 aromatic heterocycles. The Balaban J connectivity index is 0.000000159. The van der Waals surface area contributed by atoms with Gasteiger partial charge in [0.15, 0.2) is 33.1 Å². The number of pyridine rings is 4. The normalized spacial score (nSPS) is 13.8. The number of ether oxygens (including phenoxy) is 4. The minimum absolute atomic E-state index is 0.258. The van der Waals surface area contributed by atoms with Gasteiger partial charge in [-0.25, -0.2) is 54.4 Å². The minimum atomic E-state index is -0.917. The summed E-state index contributed by atoms with van der Waals surface area (Å²) in [6.45, 7) is 33.8. The van der Waals surface area contributed by atoms with Gasteiger partial charge in [-0.1, -0.05) is 47.5 Å². The molecule has 0 saturated carbocycles. The number of hydrogen-bond donors (Lipinski definition) is 2. The fraction of sp³-hybridized carbons (Fsp3) is 0.362. The molecular formula is C80H90BBr3Cl2N14O8S2. The van der Waals surface area contributed by atoms with E-state index >= 15 is 0 Å². The smallest absolute Gasteiger partial charge is 0.464 e. The zero-order chi connectivity index (χ0) is 80.4. The van der Waals surface area contributed by atoms with Crippen molar-refractivity contribution in [3.8, 4) is 32.8 Å². The number of aromatic nitrogens is 12. The van der Waals surface area contributed by atoms with Crippen LogP contribution < -0.4 is 16.5 Å². The molecule has 30 heteroatoms. The monoisotopic (exact) mass is 1760 g/mol. The first kappa shape index (κ1) is 84.6. The SMILES string of the molecule is CCOC(=O)[C@@H](OC(C)(C)C)c1c(C)cc2nc(-c3cnc4c(c3)nc(C)n4C)sc2c1-c1ccc(Cl)cc1.CCOC(=O)[C@@H](OC(C)(C)C)c1c(C)cc2nc(Br)sc2c1-c1ccc(Cl)cc1.CNc1ncc(Br)cc1N.Cc1nc2cc(B3OC(C)(C)C(C)(C)O3)cnc2n1C.Cc1nc2cc(Br)cnc2n1C. The molecule has 0 spiro atoms. The summed E-state index contributed by atoms with van der Waals surface area (Å²) in [7, 11) is 7.28. The molecule has 0 aliphatic carbocycles. The van der Waals surface area contributed by atoms with Crippen molar-refractivity contribution in [3.63, 3.8) is 0 Å². The van der Waals surface area contributed by atoms with E-state index in [0.29, 0.717) is 21.6 Å². The van der Waals surface area contributed by atoms with Crippen LogP contribution in [0.15, 0.2) is 123 Å². The standard InChI is InChI=1S/C30H31ClN4O3S.C22H23BrClNO3S.C14H20BN3O2.C8H8BrN3.C6H8BrN3/c1-8-37-29(36)25(38-30(4,5)6)23-16(2)13-21-26(24(23)18-9-11-20(31)12-10-18)39-28(34-21)19-14-22-27(32-15-19)35(7)17(3)33-22;1-6-27-20(26)18(28-22(3,4)5)16-12(2)11-15-19(29-21(23)25-15)17(16)13-7-9-14(24)10-8-13;1-9-17-11-7-10(8-16-12(11)18(9)6)15-19-13(2,3)14(4,5)20-15;1-5-11-7-3-6(9)4-10-8(7)12(5)2;1-9-6-5(8)2-4(7)3-10-6/h9-15,25H,8H2,1-7H3;7-11,18H,6H2,1-5H3;7-8H,1-6H3;3-4H,1-2H3;2-3H,8H2,1H3,(H,9,10)/t25-;18-;;;/m00.../s1. The van der Waals surface area contributed by atoms with Crippen LogP contribution in [-0.2, 0) is 59.0 Å². The van der Waals surface area contributed by atoms with Crippen molar-refractivity contribution in [2.24, 2.45) is 21.1 Å². The van der Waals surface area contributed by atoms with Crippen molar-refractivity contribution in [2.45, 2.75) is 152 Å². The average molecular weight is 1760 g/mol. The number of esters is 2. The van der Waals surface area contributed by atoms with Crippen LogP contribution in [0.5, 0.6) is 0 Å². The predicted molar refractivity (Wildman–Crippen MR) is 456 cm³/mol. The molecular weight excluding hydrogens is 1670 g/mol. The topological polar surface area (TPSA) is 258 Å². The number of thiazole rings is 2. The molecule has 0 radical (unpaired) electrons. The molecule has 110 heavy (non-hydrogen) atoms. The maximum Gasteiger partial charge on any atom is 0.496 e. The number of nitrogens with one attached hydrogen (secondary N) is 1. The number of nitrogen functional groups attached to an aromatic ring is 1. The first-order chi connectivity index (χ1) is 51.7. The highest BCUT2D eigenvalue weighted by molar-refractivity contribution is 9.11. The number of aryl methyl sites for hydroxylation is 8. The van der Waals surface area contributed by atoms with Crippen molar-refractivity contribution in [1.29, 1.82) is 0 Å². The number of anilines is 2. The molecule has 1 fully saturated rings. The zero-order valence-corrected chi connectivity index (χ0v) is 73.4. The lowest BCUT2D eigenvalue weighted by atomic mass is 9.80. The lowest BCUT2D eigenvalue weighted by Crippen LogP contribution is -2.41. The van der Waals surface area contributed by atoms with Crippen molar-refractivity contribution in [2.75, 3.05) is 31.3 Å². The summed E-state index contributed by atoms with van der Waals surface area (Å²) in [4.78, 5) is 66.8. The zero-order valence-electron chi connectivity index (χ0n) is 65.5. The Kier molecular flexibility index (Phi) is 26.6. The number of rotatable bonds is 13. The van der Waals surface area contributed by atoms with Crippen LogP contribution >= 0.6 is 93.7 Å². The molecule has 0 amide bonds. The highest BCUT2D eigenvalue weighted by Crippen LogP contribution is 2.47. The molecule has 1 aliphatic rings. The number of imidazole rings is 3. The average Bonchev–Trinajstić information content (AvgIpc) is 1.48. The Morgan fingerprint density at radius 1 is 0.555 bits per heavy atom. The van der Waals surface area contributed by atoms with E-state index in [9.17, 15) is 9.59 Å². The second-order valence-electron chi connectivity index (χ2n) is 29.1. The van der Waals surface area contributed by atoms with Gasteiger partial charge < -0.3 is 53.0 Å². The van der Waals surface area contributed by atoms with E-state index in [1.165, 1.54) is 11.3 Å². The van der Waals surface area contributed by atoms with Crippen LogP contribution in [0, 0.1) is 34.6 Å². The molecule has 2 atom stereocenters. The number of benzene rings is 4. The molecule has 1 aliphatic heterocycles. The summed E-state index contributed by atoms with van der Waals surface area (Å²) in [5.74, 6) is 2.71. The fourth-order valence-corrected chi connectivity index (χ4v) is 15.6. The highest BCUT2D eigenvalue weighted by atomic mass is 79.9. The Bertz CT molecular complexity index is 5530. The van der Waals surface area contributed by atoms with Gasteiger partial charge in [-0.15, -0.1) is 22.7 Å². The Morgan fingerprint density at radius 2 is 0.964 bits per heavy atom. The van der Waals surface area contributed by atoms with Crippen LogP contribution in [0.4, 0.5) is 11.5 Å². The number of hydrogen-bond acceptors (Lipinski definition) is 21. The third-order valence-electron chi connectivity index (χ3n) is 18.2. The van der Waals surface area contributed by atoms with Crippen molar-refractivity contribution in [3.05, 3.63) is 172 Å². The van der Waals surface area contributed by atoms with Gasteiger partial charge >= 0.3 is 19.1 Å². The third kappa shape index (κ3) is 19.4. The highest BCUT2D eigenvalue weighted by Gasteiger charge is 2.52. The van der Waals surface area contributed by atoms with Crippen molar-refractivity contribution >= 4 is 184 Å². The number of nitrogens with zero attached hydrogens (tertiary/aromatic N) is 12. The van der Waals surface area contributed by atoms with Crippen LogP contribution in [-0.4, -0.2) is 120 Å². The van der Waals surface area contributed by atoms with E-state index in [2.05, 4.69) is 93.0 Å². The fourth-order valence-electron chi connectivity index (χ4n) is 12.0. The second kappa shape index (κ2) is 34.6. The molecule has 1 saturated heterocycles. The van der Waals surface area contributed by atoms with Gasteiger partial charge in [0.25, 0.3) is 0 Å². The summed E-state index contributed by atoms with van der Waals surface area (Å²) in [6.07, 6.45) is 5.35. The van der Waals surface area contributed by atoms with E-state index in [-0.39, 0.29) is 31.5 Å². The first-order valence-corrected chi connectivity index (χ1v) is 40.2. The van der Waals surface area contributed by atoms with Crippen LogP contribution in [0.1, 0.15) is 135 Å². The third-order valence-corrected chi connectivity index (χ3v) is 22.3. The van der Waals surface area contributed by atoms with Crippen molar-refractivity contribution < 1.29 is 37.8 Å². The van der Waals surface area contributed by atoms with Crippen LogP contribution in [0.3, 0.4) is 0 Å². The summed E-state index contributed by atoms with van der Waals surface area (Å²) < 4.78 is 46.0. The second-order valence-corrected chi connectivity index (χ2v) is 35.1. The van der Waals surface area contributed by atoms with Crippen LogP contribution in [0.25, 0.3) is 86.7 Å².